The van der Waals surface area contributed by atoms with Gasteiger partial charge in [0, 0.05) is 23.3 Å². The summed E-state index contributed by atoms with van der Waals surface area (Å²) in [6.07, 6.45) is 3.48. The number of carbonyl (C=O) groups is 2. The van der Waals surface area contributed by atoms with Crippen LogP contribution in [-0.2, 0) is 4.74 Å². The number of aromatic nitrogens is 3. The summed E-state index contributed by atoms with van der Waals surface area (Å²) < 4.78 is 6.67. The molecular formula is C23H21Cl2N5O3S. The third-order valence-electron chi connectivity index (χ3n) is 5.45. The highest BCUT2D eigenvalue weighted by atomic mass is 35.5. The van der Waals surface area contributed by atoms with Crippen LogP contribution < -0.4 is 10.6 Å². The van der Waals surface area contributed by atoms with Crippen molar-refractivity contribution in [2.45, 2.75) is 36.1 Å². The number of halogens is 2. The minimum atomic E-state index is -0.447. The molecule has 0 bridgehead atoms. The molecule has 1 aliphatic heterocycles. The third kappa shape index (κ3) is 4.93. The largest absolute Gasteiger partial charge is 0.379 e. The Labute approximate surface area is 210 Å². The van der Waals surface area contributed by atoms with Crippen LogP contribution >= 0.6 is 35.0 Å². The lowest BCUT2D eigenvalue weighted by Crippen LogP contribution is -2.30. The maximum Gasteiger partial charge on any atom is 0.274 e. The zero-order valence-corrected chi connectivity index (χ0v) is 20.5. The van der Waals surface area contributed by atoms with Crippen molar-refractivity contribution < 1.29 is 14.3 Å². The number of ether oxygens (including phenoxy) is 1. The average Bonchev–Trinajstić information content (AvgIpc) is 3.48. The Bertz CT molecular complexity index is 1270. The van der Waals surface area contributed by atoms with Crippen LogP contribution in [0.5, 0.6) is 0 Å². The number of hydrogen-bond donors (Lipinski definition) is 2. The molecule has 2 fully saturated rings. The number of pyridine rings is 1. The van der Waals surface area contributed by atoms with Crippen LogP contribution in [0.3, 0.4) is 0 Å². The predicted octanol–water partition coefficient (Wildman–Crippen LogP) is 4.52. The molecule has 0 radical (unpaired) electrons. The molecule has 2 aromatic heterocycles. The fraction of sp³-hybridized carbons (Fsp3) is 0.304. The smallest absolute Gasteiger partial charge is 0.274 e. The number of benzene rings is 1. The van der Waals surface area contributed by atoms with Gasteiger partial charge in [0.15, 0.2) is 5.82 Å². The second kappa shape index (κ2) is 9.58. The van der Waals surface area contributed by atoms with Crippen LogP contribution in [0.25, 0.3) is 5.82 Å². The molecule has 0 unspecified atom stereocenters. The van der Waals surface area contributed by atoms with E-state index in [0.717, 1.165) is 12.8 Å². The number of nitrogens with one attached hydrogen (secondary N) is 2. The number of rotatable bonds is 7. The van der Waals surface area contributed by atoms with Gasteiger partial charge in [-0.1, -0.05) is 35.0 Å². The van der Waals surface area contributed by atoms with E-state index in [4.69, 9.17) is 27.9 Å². The maximum absolute atomic E-state index is 13.5. The van der Waals surface area contributed by atoms with Gasteiger partial charge in [0.25, 0.3) is 11.8 Å². The van der Waals surface area contributed by atoms with Crippen molar-refractivity contribution in [3.05, 3.63) is 63.4 Å². The molecule has 0 spiro atoms. The summed E-state index contributed by atoms with van der Waals surface area (Å²) in [6, 6.07) is 8.51. The highest BCUT2D eigenvalue weighted by molar-refractivity contribution is 8.00. The number of aryl methyl sites for hydroxylation is 1. The molecule has 1 saturated carbocycles. The minimum Gasteiger partial charge on any atom is -0.379 e. The Balaban J connectivity index is 1.50. The number of hydrogen-bond acceptors (Lipinski definition) is 6. The lowest BCUT2D eigenvalue weighted by atomic mass is 10.1. The summed E-state index contributed by atoms with van der Waals surface area (Å²) >= 11 is 14.1. The van der Waals surface area contributed by atoms with E-state index in [-0.39, 0.29) is 22.9 Å². The number of amides is 2. The van der Waals surface area contributed by atoms with Crippen LogP contribution in [0.2, 0.25) is 10.0 Å². The first kappa shape index (κ1) is 23.2. The van der Waals surface area contributed by atoms with Crippen molar-refractivity contribution >= 4 is 52.5 Å². The number of carbonyl (C=O) groups excluding carboxylic acids is 2. The molecule has 0 atom stereocenters. The second-order valence-electron chi connectivity index (χ2n) is 8.21. The van der Waals surface area contributed by atoms with Gasteiger partial charge in [-0.2, -0.15) is 5.10 Å². The lowest BCUT2D eigenvalue weighted by Gasteiger charge is -2.23. The van der Waals surface area contributed by atoms with Crippen molar-refractivity contribution in [2.24, 2.45) is 0 Å². The molecule has 11 heteroatoms. The summed E-state index contributed by atoms with van der Waals surface area (Å²) in [4.78, 5) is 30.7. The average molecular weight is 518 g/mol. The highest BCUT2D eigenvalue weighted by Gasteiger charge is 2.28. The molecule has 2 aliphatic rings. The standard InChI is InChI=1S/C23H21Cl2N5O3S/c1-12-7-13(24)8-16(22(31)27-14-4-5-14)20(12)28-23(32)18-9-19(34-15-10-33-11-15)29-30(18)21-17(25)3-2-6-26-21/h2-3,6-9,14-15H,4-5,10-11H2,1H3,(H,27,31)(H,28,32). The van der Waals surface area contributed by atoms with E-state index >= 15 is 0 Å². The fourth-order valence-electron chi connectivity index (χ4n) is 3.48. The van der Waals surface area contributed by atoms with Gasteiger partial charge in [-0.3, -0.25) is 9.59 Å². The molecular weight excluding hydrogens is 497 g/mol. The van der Waals surface area contributed by atoms with Crippen LogP contribution in [0.15, 0.2) is 41.6 Å². The summed E-state index contributed by atoms with van der Waals surface area (Å²) in [5, 5.41) is 12.1. The van der Waals surface area contributed by atoms with Crippen LogP contribution in [0, 0.1) is 6.92 Å². The molecule has 2 N–H and O–H groups in total. The molecule has 176 valence electrons. The van der Waals surface area contributed by atoms with Gasteiger partial charge in [0.2, 0.25) is 0 Å². The van der Waals surface area contributed by atoms with Crippen LogP contribution in [-0.4, -0.2) is 51.1 Å². The first-order valence-corrected chi connectivity index (χ1v) is 12.4. The first-order chi connectivity index (χ1) is 16.4. The molecule has 5 rings (SSSR count). The normalized spacial score (nSPS) is 15.6. The highest BCUT2D eigenvalue weighted by Crippen LogP contribution is 2.31. The molecule has 1 aliphatic carbocycles. The summed E-state index contributed by atoms with van der Waals surface area (Å²) in [5.41, 5.74) is 1.62. The Kier molecular flexibility index (Phi) is 6.52. The van der Waals surface area contributed by atoms with E-state index in [1.165, 1.54) is 16.4 Å². The van der Waals surface area contributed by atoms with E-state index in [9.17, 15) is 9.59 Å². The van der Waals surface area contributed by atoms with Gasteiger partial charge in [0.1, 0.15) is 10.7 Å². The minimum absolute atomic E-state index is 0.165. The summed E-state index contributed by atoms with van der Waals surface area (Å²) in [6.45, 7) is 3.06. The predicted molar refractivity (Wildman–Crippen MR) is 131 cm³/mol. The quantitative estimate of drug-likeness (QED) is 0.478. The van der Waals surface area contributed by atoms with Gasteiger partial charge < -0.3 is 15.4 Å². The van der Waals surface area contributed by atoms with Crippen molar-refractivity contribution in [2.75, 3.05) is 18.5 Å². The van der Waals surface area contributed by atoms with Crippen molar-refractivity contribution in [3.8, 4) is 5.82 Å². The summed E-state index contributed by atoms with van der Waals surface area (Å²) in [5.74, 6) is -0.381. The van der Waals surface area contributed by atoms with Gasteiger partial charge >= 0.3 is 0 Å². The Hall–Kier alpha value is -2.59. The number of nitrogens with zero attached hydrogens (tertiary/aromatic N) is 3. The monoisotopic (exact) mass is 517 g/mol. The fourth-order valence-corrected chi connectivity index (χ4v) is 4.94. The van der Waals surface area contributed by atoms with E-state index in [2.05, 4.69) is 20.7 Å². The number of anilines is 1. The molecule has 1 saturated heterocycles. The van der Waals surface area contributed by atoms with Gasteiger partial charge in [-0.15, -0.1) is 0 Å². The lowest BCUT2D eigenvalue weighted by molar-refractivity contribution is 0.0454. The van der Waals surface area contributed by atoms with Crippen molar-refractivity contribution in [1.29, 1.82) is 0 Å². The molecule has 3 heterocycles. The van der Waals surface area contributed by atoms with Crippen molar-refractivity contribution in [1.82, 2.24) is 20.1 Å². The Morgan fingerprint density at radius 1 is 1.18 bits per heavy atom. The Morgan fingerprint density at radius 2 is 1.97 bits per heavy atom. The van der Waals surface area contributed by atoms with E-state index < -0.39 is 5.91 Å². The first-order valence-electron chi connectivity index (χ1n) is 10.8. The van der Waals surface area contributed by atoms with Gasteiger partial charge in [-0.05, 0) is 49.6 Å². The second-order valence-corrected chi connectivity index (χ2v) is 10.4. The van der Waals surface area contributed by atoms with Gasteiger partial charge in [-0.25, -0.2) is 9.67 Å². The molecule has 1 aromatic carbocycles. The topological polar surface area (TPSA) is 98.1 Å². The maximum atomic E-state index is 13.5. The molecule has 8 nitrogen and oxygen atoms in total. The van der Waals surface area contributed by atoms with E-state index in [1.807, 2.05) is 0 Å². The Morgan fingerprint density at radius 3 is 2.65 bits per heavy atom. The SMILES string of the molecule is Cc1cc(Cl)cc(C(=O)NC2CC2)c1NC(=O)c1cc(SC2COC2)nn1-c1ncccc1Cl. The van der Waals surface area contributed by atoms with Crippen molar-refractivity contribution in [3.63, 3.8) is 0 Å². The van der Waals surface area contributed by atoms with Gasteiger partial charge in [0.05, 0.1) is 34.7 Å². The van der Waals surface area contributed by atoms with Crippen LogP contribution in [0.1, 0.15) is 39.3 Å². The third-order valence-corrected chi connectivity index (χ3v) is 7.01. The summed E-state index contributed by atoms with van der Waals surface area (Å²) in [7, 11) is 0. The zero-order chi connectivity index (χ0) is 23.8. The van der Waals surface area contributed by atoms with E-state index in [1.54, 1.807) is 43.5 Å². The molecule has 34 heavy (non-hydrogen) atoms. The van der Waals surface area contributed by atoms with E-state index in [0.29, 0.717) is 50.9 Å². The molecule has 3 aromatic rings. The zero-order valence-electron chi connectivity index (χ0n) is 18.2. The number of thioether (sulfide) groups is 1. The molecule has 2 amide bonds. The van der Waals surface area contributed by atoms with Crippen LogP contribution in [0.4, 0.5) is 5.69 Å².